The molecule has 134 valence electrons. The highest BCUT2D eigenvalue weighted by molar-refractivity contribution is 4.78. The Morgan fingerprint density at radius 2 is 1.23 bits per heavy atom. The van der Waals surface area contributed by atoms with Crippen LogP contribution in [0.15, 0.2) is 0 Å². The van der Waals surface area contributed by atoms with Crippen molar-refractivity contribution in [1.29, 1.82) is 0 Å². The molecule has 2 heteroatoms. The average molecular weight is 315 g/mol. The highest BCUT2D eigenvalue weighted by atomic mass is 16.7. The summed E-state index contributed by atoms with van der Waals surface area (Å²) < 4.78 is 12.5. The second-order valence-electron chi connectivity index (χ2n) is 6.52. The van der Waals surface area contributed by atoms with Gasteiger partial charge in [0.25, 0.3) is 0 Å². The van der Waals surface area contributed by atoms with Crippen molar-refractivity contribution in [3.05, 3.63) is 0 Å². The zero-order valence-corrected chi connectivity index (χ0v) is 16.1. The summed E-state index contributed by atoms with van der Waals surface area (Å²) >= 11 is 0. The molecule has 0 fully saturated rings. The highest BCUT2D eigenvalue weighted by Crippen LogP contribution is 2.34. The first-order valence-electron chi connectivity index (χ1n) is 9.98. The van der Waals surface area contributed by atoms with E-state index in [1.807, 2.05) is 0 Å². The zero-order chi connectivity index (χ0) is 16.7. The third kappa shape index (κ3) is 8.53. The molecule has 0 aliphatic rings. The van der Waals surface area contributed by atoms with E-state index in [2.05, 4.69) is 34.6 Å². The van der Waals surface area contributed by atoms with Gasteiger partial charge in [-0.25, -0.2) is 0 Å². The summed E-state index contributed by atoms with van der Waals surface area (Å²) in [6.07, 6.45) is 13.6. The molecule has 0 aromatic heterocycles. The SMILES string of the molecule is CCCCCCCCC(CC)C(CC)(OCCC)OCCC. The van der Waals surface area contributed by atoms with E-state index in [0.717, 1.165) is 38.9 Å². The molecule has 0 aliphatic heterocycles. The maximum absolute atomic E-state index is 6.26. The van der Waals surface area contributed by atoms with Crippen LogP contribution in [0.1, 0.15) is 105 Å². The molecule has 0 spiro atoms. The number of ether oxygens (including phenoxy) is 2. The lowest BCUT2D eigenvalue weighted by atomic mass is 9.87. The van der Waals surface area contributed by atoms with E-state index in [0.29, 0.717) is 5.92 Å². The van der Waals surface area contributed by atoms with Crippen LogP contribution in [0.3, 0.4) is 0 Å². The van der Waals surface area contributed by atoms with Gasteiger partial charge in [-0.3, -0.25) is 0 Å². The largest absolute Gasteiger partial charge is 0.350 e. The third-order valence-corrected chi connectivity index (χ3v) is 4.61. The van der Waals surface area contributed by atoms with E-state index < -0.39 is 0 Å². The van der Waals surface area contributed by atoms with Crippen molar-refractivity contribution < 1.29 is 9.47 Å². The number of rotatable bonds is 16. The lowest BCUT2D eigenvalue weighted by Gasteiger charge is -2.40. The molecule has 2 nitrogen and oxygen atoms in total. The van der Waals surface area contributed by atoms with Crippen LogP contribution < -0.4 is 0 Å². The van der Waals surface area contributed by atoms with Gasteiger partial charge in [-0.15, -0.1) is 0 Å². The zero-order valence-electron chi connectivity index (χ0n) is 16.1. The molecule has 0 aliphatic carbocycles. The van der Waals surface area contributed by atoms with Crippen LogP contribution >= 0.6 is 0 Å². The Balaban J connectivity index is 4.46. The van der Waals surface area contributed by atoms with Gasteiger partial charge in [0.1, 0.15) is 0 Å². The van der Waals surface area contributed by atoms with Crippen molar-refractivity contribution in [2.24, 2.45) is 5.92 Å². The number of hydrogen-bond donors (Lipinski definition) is 0. The molecule has 0 N–H and O–H groups in total. The number of hydrogen-bond acceptors (Lipinski definition) is 2. The van der Waals surface area contributed by atoms with Crippen molar-refractivity contribution in [1.82, 2.24) is 0 Å². The normalized spacial score (nSPS) is 13.5. The molecule has 0 amide bonds. The first-order chi connectivity index (χ1) is 10.7. The lowest BCUT2D eigenvalue weighted by Crippen LogP contribution is -2.43. The Kier molecular flexibility index (Phi) is 14.5. The summed E-state index contributed by atoms with van der Waals surface area (Å²) in [7, 11) is 0. The van der Waals surface area contributed by atoms with Crippen LogP contribution in [0.5, 0.6) is 0 Å². The quantitative estimate of drug-likeness (QED) is 0.232. The average Bonchev–Trinajstić information content (AvgIpc) is 2.55. The molecule has 0 saturated carbocycles. The van der Waals surface area contributed by atoms with E-state index in [9.17, 15) is 0 Å². The first kappa shape index (κ1) is 21.9. The van der Waals surface area contributed by atoms with E-state index in [1.165, 1.54) is 44.9 Å². The Labute approximate surface area is 140 Å². The molecule has 22 heavy (non-hydrogen) atoms. The van der Waals surface area contributed by atoms with Crippen molar-refractivity contribution in [2.75, 3.05) is 13.2 Å². The van der Waals surface area contributed by atoms with Gasteiger partial charge in [-0.2, -0.15) is 0 Å². The monoisotopic (exact) mass is 314 g/mol. The van der Waals surface area contributed by atoms with Crippen LogP contribution in [0, 0.1) is 5.92 Å². The van der Waals surface area contributed by atoms with E-state index in [4.69, 9.17) is 9.47 Å². The van der Waals surface area contributed by atoms with Crippen LogP contribution in [0.2, 0.25) is 0 Å². The fourth-order valence-electron chi connectivity index (χ4n) is 3.23. The van der Waals surface area contributed by atoms with E-state index in [-0.39, 0.29) is 5.79 Å². The third-order valence-electron chi connectivity index (χ3n) is 4.61. The molecular weight excluding hydrogens is 272 g/mol. The van der Waals surface area contributed by atoms with Crippen LogP contribution in [-0.4, -0.2) is 19.0 Å². The van der Waals surface area contributed by atoms with Crippen molar-refractivity contribution in [3.63, 3.8) is 0 Å². The van der Waals surface area contributed by atoms with Crippen LogP contribution in [0.4, 0.5) is 0 Å². The predicted octanol–water partition coefficient (Wildman–Crippen LogP) is 6.72. The molecular formula is C20H42O2. The maximum Gasteiger partial charge on any atom is 0.170 e. The molecule has 0 aromatic rings. The minimum absolute atomic E-state index is 0.343. The second kappa shape index (κ2) is 14.5. The molecule has 0 rings (SSSR count). The lowest BCUT2D eigenvalue weighted by molar-refractivity contribution is -0.271. The predicted molar refractivity (Wildman–Crippen MR) is 97.3 cm³/mol. The van der Waals surface area contributed by atoms with Gasteiger partial charge >= 0.3 is 0 Å². The topological polar surface area (TPSA) is 18.5 Å². The minimum atomic E-state index is -0.343. The van der Waals surface area contributed by atoms with E-state index >= 15 is 0 Å². The van der Waals surface area contributed by atoms with Gasteiger partial charge in [0.15, 0.2) is 5.79 Å². The van der Waals surface area contributed by atoms with Gasteiger partial charge in [-0.05, 0) is 32.1 Å². The first-order valence-corrected chi connectivity index (χ1v) is 9.98. The molecule has 0 bridgehead atoms. The molecule has 0 radical (unpaired) electrons. The van der Waals surface area contributed by atoms with Crippen molar-refractivity contribution in [3.8, 4) is 0 Å². The Morgan fingerprint density at radius 1 is 0.682 bits per heavy atom. The molecule has 0 aromatic carbocycles. The van der Waals surface area contributed by atoms with Crippen LogP contribution in [-0.2, 0) is 9.47 Å². The van der Waals surface area contributed by atoms with Crippen molar-refractivity contribution >= 4 is 0 Å². The molecule has 1 atom stereocenters. The summed E-state index contributed by atoms with van der Waals surface area (Å²) in [4.78, 5) is 0. The van der Waals surface area contributed by atoms with Gasteiger partial charge in [0.05, 0.1) is 0 Å². The summed E-state index contributed by atoms with van der Waals surface area (Å²) in [5, 5.41) is 0. The Hall–Kier alpha value is -0.0800. The fourth-order valence-corrected chi connectivity index (χ4v) is 3.23. The second-order valence-corrected chi connectivity index (χ2v) is 6.52. The van der Waals surface area contributed by atoms with Crippen molar-refractivity contribution in [2.45, 2.75) is 111 Å². The summed E-state index contributed by atoms with van der Waals surface area (Å²) in [5.74, 6) is 0.186. The molecule has 1 unspecified atom stereocenters. The standard InChI is InChI=1S/C20H42O2/c1-6-11-12-13-14-15-16-19(9-4)20(10-5,21-17-7-2)22-18-8-3/h19H,6-18H2,1-5H3. The van der Waals surface area contributed by atoms with Gasteiger partial charge in [0, 0.05) is 19.1 Å². The van der Waals surface area contributed by atoms with Gasteiger partial charge < -0.3 is 9.47 Å². The Morgan fingerprint density at radius 3 is 1.68 bits per heavy atom. The molecule has 0 heterocycles. The summed E-state index contributed by atoms with van der Waals surface area (Å²) in [6, 6.07) is 0. The highest BCUT2D eigenvalue weighted by Gasteiger charge is 2.37. The number of unbranched alkanes of at least 4 members (excludes halogenated alkanes) is 5. The smallest absolute Gasteiger partial charge is 0.170 e. The minimum Gasteiger partial charge on any atom is -0.350 e. The van der Waals surface area contributed by atoms with Crippen LogP contribution in [0.25, 0.3) is 0 Å². The van der Waals surface area contributed by atoms with E-state index in [1.54, 1.807) is 0 Å². The van der Waals surface area contributed by atoms with Gasteiger partial charge in [0.2, 0.25) is 0 Å². The van der Waals surface area contributed by atoms with Gasteiger partial charge in [-0.1, -0.05) is 73.1 Å². The summed E-state index contributed by atoms with van der Waals surface area (Å²) in [5.41, 5.74) is 0. The summed E-state index contributed by atoms with van der Waals surface area (Å²) in [6.45, 7) is 12.8. The fraction of sp³-hybridized carbons (Fsp3) is 1.00. The molecule has 0 saturated heterocycles. The maximum atomic E-state index is 6.26. The Bertz CT molecular complexity index is 220.